The number of aromatic nitrogens is 3. The summed E-state index contributed by atoms with van der Waals surface area (Å²) in [6.45, 7) is 4.11. The van der Waals surface area contributed by atoms with Crippen LogP contribution in [-0.4, -0.2) is 66.2 Å². The van der Waals surface area contributed by atoms with Crippen molar-refractivity contribution in [1.29, 1.82) is 0 Å². The first kappa shape index (κ1) is 27.5. The first-order chi connectivity index (χ1) is 19.5. The molecule has 1 fully saturated rings. The van der Waals surface area contributed by atoms with Gasteiger partial charge in [0, 0.05) is 55.9 Å². The average molecular weight is 545 g/mol. The fourth-order valence-electron chi connectivity index (χ4n) is 5.14. The van der Waals surface area contributed by atoms with Crippen molar-refractivity contribution in [2.75, 3.05) is 34.5 Å². The molecule has 3 heterocycles. The highest BCUT2D eigenvalue weighted by Gasteiger charge is 2.25. The van der Waals surface area contributed by atoms with Crippen molar-refractivity contribution in [2.24, 2.45) is 0 Å². The Kier molecular flexibility index (Phi) is 8.50. The molecule has 1 atom stereocenters. The van der Waals surface area contributed by atoms with Crippen LogP contribution in [0.15, 0.2) is 54.7 Å². The van der Waals surface area contributed by atoms with Crippen LogP contribution in [0.5, 0.6) is 17.2 Å². The third-order valence-electron chi connectivity index (χ3n) is 7.23. The van der Waals surface area contributed by atoms with Crippen LogP contribution in [0.2, 0.25) is 0 Å². The summed E-state index contributed by atoms with van der Waals surface area (Å²) in [6, 6.07) is 15.7. The summed E-state index contributed by atoms with van der Waals surface area (Å²) in [6.07, 6.45) is 4.22. The largest absolute Gasteiger partial charge is 0.497 e. The second-order valence-electron chi connectivity index (χ2n) is 10.0. The minimum atomic E-state index is 0.0222. The highest BCUT2D eigenvalue weighted by molar-refractivity contribution is 5.87. The highest BCUT2D eigenvalue weighted by atomic mass is 16.5. The SMILES string of the molecule is COc1cccc(-c2nc3cc(OC)c(OC)cc3cc2CN(C[C@@H]2CCCO2)C(=O)CCn2ccc(C)n2)c1. The Morgan fingerprint density at radius 1 is 1.07 bits per heavy atom. The van der Waals surface area contributed by atoms with E-state index in [2.05, 4.69) is 11.2 Å². The van der Waals surface area contributed by atoms with Crippen LogP contribution in [0.1, 0.15) is 30.5 Å². The molecule has 1 aliphatic heterocycles. The van der Waals surface area contributed by atoms with Gasteiger partial charge in [-0.05, 0) is 55.7 Å². The molecule has 40 heavy (non-hydrogen) atoms. The van der Waals surface area contributed by atoms with E-state index in [1.807, 2.05) is 65.2 Å². The molecule has 9 nitrogen and oxygen atoms in total. The normalized spacial score (nSPS) is 14.8. The minimum Gasteiger partial charge on any atom is -0.497 e. The molecule has 1 aliphatic rings. The number of pyridine rings is 1. The molecule has 0 spiro atoms. The number of benzene rings is 2. The number of nitrogens with zero attached hydrogens (tertiary/aromatic N) is 4. The van der Waals surface area contributed by atoms with E-state index in [-0.39, 0.29) is 12.0 Å². The fraction of sp³-hybridized carbons (Fsp3) is 0.387. The van der Waals surface area contributed by atoms with Crippen molar-refractivity contribution < 1.29 is 23.7 Å². The second-order valence-corrected chi connectivity index (χ2v) is 10.0. The van der Waals surface area contributed by atoms with Gasteiger partial charge in [0.25, 0.3) is 0 Å². The predicted molar refractivity (Wildman–Crippen MR) is 153 cm³/mol. The summed E-state index contributed by atoms with van der Waals surface area (Å²) in [5.41, 5.74) is 4.31. The van der Waals surface area contributed by atoms with Crippen molar-refractivity contribution in [3.8, 4) is 28.5 Å². The predicted octanol–water partition coefficient (Wildman–Crippen LogP) is 5.03. The van der Waals surface area contributed by atoms with E-state index < -0.39 is 0 Å². The number of amides is 1. The van der Waals surface area contributed by atoms with Gasteiger partial charge < -0.3 is 23.8 Å². The van der Waals surface area contributed by atoms with Gasteiger partial charge in [0.15, 0.2) is 11.5 Å². The molecule has 0 saturated carbocycles. The molecule has 2 aromatic carbocycles. The molecule has 0 bridgehead atoms. The topological polar surface area (TPSA) is 87.9 Å². The van der Waals surface area contributed by atoms with Gasteiger partial charge in [-0.3, -0.25) is 9.48 Å². The number of carbonyl (C=O) groups is 1. The van der Waals surface area contributed by atoms with E-state index in [4.69, 9.17) is 23.9 Å². The first-order valence-corrected chi connectivity index (χ1v) is 13.6. The van der Waals surface area contributed by atoms with Crippen LogP contribution in [0.3, 0.4) is 0 Å². The lowest BCUT2D eigenvalue weighted by atomic mass is 10.0. The minimum absolute atomic E-state index is 0.0222. The number of methoxy groups -OCH3 is 3. The van der Waals surface area contributed by atoms with E-state index in [0.717, 1.165) is 58.6 Å². The quantitative estimate of drug-likeness (QED) is 0.262. The lowest BCUT2D eigenvalue weighted by molar-refractivity contribution is -0.133. The summed E-state index contributed by atoms with van der Waals surface area (Å²) in [5, 5.41) is 5.34. The highest BCUT2D eigenvalue weighted by Crippen LogP contribution is 2.35. The van der Waals surface area contributed by atoms with Gasteiger partial charge in [0.2, 0.25) is 5.91 Å². The van der Waals surface area contributed by atoms with Crippen LogP contribution in [0.4, 0.5) is 0 Å². The Morgan fingerprint density at radius 2 is 1.90 bits per heavy atom. The van der Waals surface area contributed by atoms with Gasteiger partial charge in [-0.15, -0.1) is 0 Å². The lowest BCUT2D eigenvalue weighted by Crippen LogP contribution is -2.37. The molecular formula is C31H36N4O5. The van der Waals surface area contributed by atoms with Gasteiger partial charge in [0.05, 0.1) is 44.3 Å². The molecule has 0 unspecified atom stereocenters. The summed E-state index contributed by atoms with van der Waals surface area (Å²) in [7, 11) is 4.88. The molecule has 0 N–H and O–H groups in total. The van der Waals surface area contributed by atoms with E-state index in [1.165, 1.54) is 0 Å². The lowest BCUT2D eigenvalue weighted by Gasteiger charge is -2.27. The van der Waals surface area contributed by atoms with Gasteiger partial charge in [0.1, 0.15) is 5.75 Å². The van der Waals surface area contributed by atoms with Crippen molar-refractivity contribution in [1.82, 2.24) is 19.7 Å². The third kappa shape index (κ3) is 6.20. The van der Waals surface area contributed by atoms with Crippen molar-refractivity contribution in [3.63, 3.8) is 0 Å². The third-order valence-corrected chi connectivity index (χ3v) is 7.23. The van der Waals surface area contributed by atoms with Crippen LogP contribution in [0.25, 0.3) is 22.2 Å². The Bertz CT molecular complexity index is 1480. The summed E-state index contributed by atoms with van der Waals surface area (Å²) in [4.78, 5) is 20.6. The van der Waals surface area contributed by atoms with E-state index in [9.17, 15) is 4.79 Å². The number of hydrogen-bond acceptors (Lipinski definition) is 7. The van der Waals surface area contributed by atoms with Crippen molar-refractivity contribution in [3.05, 3.63) is 66.0 Å². The summed E-state index contributed by atoms with van der Waals surface area (Å²) in [5.74, 6) is 2.02. The zero-order valence-corrected chi connectivity index (χ0v) is 23.6. The van der Waals surface area contributed by atoms with Crippen LogP contribution < -0.4 is 14.2 Å². The summed E-state index contributed by atoms with van der Waals surface area (Å²) < 4.78 is 24.3. The number of ether oxygens (including phenoxy) is 4. The monoisotopic (exact) mass is 544 g/mol. The van der Waals surface area contributed by atoms with Crippen LogP contribution >= 0.6 is 0 Å². The number of aryl methyl sites for hydroxylation is 2. The molecule has 4 aromatic rings. The number of carbonyl (C=O) groups excluding carboxylic acids is 1. The molecule has 0 radical (unpaired) electrons. The Morgan fingerprint density at radius 3 is 2.60 bits per heavy atom. The first-order valence-electron chi connectivity index (χ1n) is 13.6. The zero-order valence-electron chi connectivity index (χ0n) is 23.6. The molecule has 5 rings (SSSR count). The Labute approximate surface area is 234 Å². The maximum Gasteiger partial charge on any atom is 0.224 e. The zero-order chi connectivity index (χ0) is 28.1. The molecule has 210 valence electrons. The summed E-state index contributed by atoms with van der Waals surface area (Å²) >= 11 is 0. The smallest absolute Gasteiger partial charge is 0.224 e. The molecule has 2 aromatic heterocycles. The van der Waals surface area contributed by atoms with Crippen molar-refractivity contribution >= 4 is 16.8 Å². The fourth-order valence-corrected chi connectivity index (χ4v) is 5.14. The van der Waals surface area contributed by atoms with E-state index in [0.29, 0.717) is 37.6 Å². The molecule has 1 saturated heterocycles. The second kappa shape index (κ2) is 12.4. The number of hydrogen-bond donors (Lipinski definition) is 0. The maximum absolute atomic E-state index is 13.7. The molecular weight excluding hydrogens is 508 g/mol. The Balaban J connectivity index is 1.54. The molecule has 1 amide bonds. The van der Waals surface area contributed by atoms with Crippen LogP contribution in [0, 0.1) is 6.92 Å². The van der Waals surface area contributed by atoms with E-state index >= 15 is 0 Å². The van der Waals surface area contributed by atoms with Gasteiger partial charge in [-0.25, -0.2) is 4.98 Å². The number of fused-ring (bicyclic) bond motifs is 1. The Hall–Kier alpha value is -4.11. The van der Waals surface area contributed by atoms with Crippen molar-refractivity contribution in [2.45, 2.75) is 45.4 Å². The van der Waals surface area contributed by atoms with Crippen LogP contribution in [-0.2, 0) is 22.6 Å². The standard InChI is InChI=1S/C31H36N4O5/c1-21-10-12-35(33-21)13-11-30(36)34(20-26-9-6-14-40-26)19-24-15-23-17-28(38-3)29(39-4)18-27(23)32-31(24)22-7-5-8-25(16-22)37-2/h5,7-8,10,12,15-18,26H,6,9,11,13-14,19-20H2,1-4H3/t26-/m0/s1. The van der Waals surface area contributed by atoms with E-state index in [1.54, 1.807) is 21.3 Å². The average Bonchev–Trinajstić information content (AvgIpc) is 3.65. The number of rotatable bonds is 11. The molecule has 9 heteroatoms. The van der Waals surface area contributed by atoms with Gasteiger partial charge >= 0.3 is 0 Å². The maximum atomic E-state index is 13.7. The van der Waals surface area contributed by atoms with Gasteiger partial charge in [-0.2, -0.15) is 5.10 Å². The van der Waals surface area contributed by atoms with Gasteiger partial charge in [-0.1, -0.05) is 12.1 Å². The molecule has 0 aliphatic carbocycles.